The number of carbonyl (C=O) groups excluding carboxylic acids is 2. The second kappa shape index (κ2) is 4.09. The van der Waals surface area contributed by atoms with Gasteiger partial charge in [-0.2, -0.15) is 0 Å². The smallest absolute Gasteiger partial charge is 0.274 e. The number of nitro groups is 1. The Hall–Kier alpha value is -2.57. The van der Waals surface area contributed by atoms with Crippen molar-refractivity contribution in [2.24, 2.45) is 29.1 Å². The quantitative estimate of drug-likeness (QED) is 0.361. The topological polar surface area (TPSA) is 80.5 Å². The maximum atomic E-state index is 13.4. The summed E-state index contributed by atoms with van der Waals surface area (Å²) in [6.45, 7) is 0. The monoisotopic (exact) mass is 328 g/mol. The van der Waals surface area contributed by atoms with Gasteiger partial charge in [0.2, 0.25) is 11.8 Å². The summed E-state index contributed by atoms with van der Waals surface area (Å²) in [7, 11) is 0. The predicted octanol–water partition coefficient (Wildman–Crippen LogP) is 2.44. The lowest BCUT2D eigenvalue weighted by Gasteiger charge is -2.21. The molecule has 5 rings (SSSR count). The van der Waals surface area contributed by atoms with E-state index in [1.807, 2.05) is 12.2 Å². The number of hydrogen-bond acceptors (Lipinski definition) is 4. The van der Waals surface area contributed by atoms with E-state index in [0.717, 1.165) is 35.9 Å². The Morgan fingerprint density at radius 1 is 1.12 bits per heavy atom. The highest BCUT2D eigenvalue weighted by molar-refractivity contribution is 6.23. The molecule has 0 radical (unpaired) electrons. The molecule has 0 aromatic heterocycles. The Balaban J connectivity index is 1.60. The molecule has 1 spiro atoms. The van der Waals surface area contributed by atoms with Crippen LogP contribution < -0.4 is 4.90 Å². The molecule has 3 aliphatic carbocycles. The minimum Gasteiger partial charge on any atom is -0.274 e. The number of anilines is 1. The number of imide groups is 1. The molecule has 2 bridgehead atoms. The first-order valence-corrected chi connectivity index (χ1v) is 7.96. The highest BCUT2D eigenvalue weighted by atomic mass is 19.1. The van der Waals surface area contributed by atoms with E-state index >= 15 is 0 Å². The number of carbonyl (C=O) groups is 2. The molecule has 3 fully saturated rings. The van der Waals surface area contributed by atoms with Gasteiger partial charge in [0.15, 0.2) is 0 Å². The predicted molar refractivity (Wildman–Crippen MR) is 80.3 cm³/mol. The average Bonchev–Trinajstić information content (AvgIpc) is 3.14. The molecule has 1 aromatic carbocycles. The number of halogens is 1. The molecular formula is C17H13FN2O4. The van der Waals surface area contributed by atoms with Crippen molar-refractivity contribution >= 4 is 23.2 Å². The molecule has 0 unspecified atom stereocenters. The molecule has 24 heavy (non-hydrogen) atoms. The van der Waals surface area contributed by atoms with E-state index in [-0.39, 0.29) is 34.8 Å². The highest BCUT2D eigenvalue weighted by Gasteiger charge is 2.73. The van der Waals surface area contributed by atoms with Crippen molar-refractivity contribution in [1.29, 1.82) is 0 Å². The van der Waals surface area contributed by atoms with Crippen molar-refractivity contribution in [2.45, 2.75) is 12.8 Å². The van der Waals surface area contributed by atoms with E-state index in [2.05, 4.69) is 0 Å². The van der Waals surface area contributed by atoms with Crippen LogP contribution in [0.25, 0.3) is 0 Å². The zero-order valence-corrected chi connectivity index (χ0v) is 12.5. The number of nitrogens with zero attached hydrogens (tertiary/aromatic N) is 2. The number of benzene rings is 1. The third kappa shape index (κ3) is 1.41. The zero-order chi connectivity index (χ0) is 16.8. The van der Waals surface area contributed by atoms with Crippen LogP contribution in [0, 0.1) is 45.0 Å². The minimum absolute atomic E-state index is 0.0495. The molecule has 1 saturated heterocycles. The van der Waals surface area contributed by atoms with Crippen molar-refractivity contribution in [3.8, 4) is 0 Å². The first-order chi connectivity index (χ1) is 11.5. The number of nitro benzene ring substituents is 1. The maximum absolute atomic E-state index is 13.4. The lowest BCUT2D eigenvalue weighted by molar-refractivity contribution is -0.384. The molecule has 6 nitrogen and oxygen atoms in total. The molecule has 1 aromatic rings. The van der Waals surface area contributed by atoms with Gasteiger partial charge in [0.1, 0.15) is 11.5 Å². The van der Waals surface area contributed by atoms with E-state index in [0.29, 0.717) is 0 Å². The van der Waals surface area contributed by atoms with Gasteiger partial charge in [-0.05, 0) is 42.2 Å². The zero-order valence-electron chi connectivity index (χ0n) is 12.5. The van der Waals surface area contributed by atoms with Gasteiger partial charge in [0, 0.05) is 0 Å². The lowest BCUT2D eigenvalue weighted by Crippen LogP contribution is -2.35. The van der Waals surface area contributed by atoms with E-state index < -0.39 is 28.3 Å². The molecule has 2 saturated carbocycles. The Labute approximate surface area is 136 Å². The van der Waals surface area contributed by atoms with E-state index in [1.54, 1.807) is 0 Å². The SMILES string of the molecule is O=C1[C@@H]2[C@H](C(=O)N1c1ccc(F)cc1[N+](=O)[O-])[C@H]1C=C[C@H]2C12CC2. The largest absolute Gasteiger partial charge is 0.296 e. The van der Waals surface area contributed by atoms with Crippen LogP contribution in [0.5, 0.6) is 0 Å². The molecule has 7 heteroatoms. The Bertz CT molecular complexity index is 826. The number of rotatable bonds is 2. The third-order valence-corrected chi connectivity index (χ3v) is 6.23. The summed E-state index contributed by atoms with van der Waals surface area (Å²) >= 11 is 0. The number of amides is 2. The highest BCUT2D eigenvalue weighted by Crippen LogP contribution is 2.73. The van der Waals surface area contributed by atoms with Crippen molar-refractivity contribution in [1.82, 2.24) is 0 Å². The second-order valence-corrected chi connectivity index (χ2v) is 7.12. The van der Waals surface area contributed by atoms with Crippen LogP contribution in [0.15, 0.2) is 30.4 Å². The average molecular weight is 328 g/mol. The van der Waals surface area contributed by atoms with E-state index in [4.69, 9.17) is 0 Å². The fraction of sp³-hybridized carbons (Fsp3) is 0.412. The first-order valence-electron chi connectivity index (χ1n) is 7.96. The van der Waals surface area contributed by atoms with Crippen LogP contribution in [0.2, 0.25) is 0 Å². The Morgan fingerprint density at radius 2 is 1.71 bits per heavy atom. The molecule has 0 N–H and O–H groups in total. The molecular weight excluding hydrogens is 315 g/mol. The summed E-state index contributed by atoms with van der Waals surface area (Å²) in [6.07, 6.45) is 6.12. The number of fused-ring (bicyclic) bond motifs is 3. The molecule has 1 heterocycles. The fourth-order valence-electron chi connectivity index (χ4n) is 5.15. The lowest BCUT2D eigenvalue weighted by atomic mass is 9.85. The van der Waals surface area contributed by atoms with Crippen LogP contribution in [-0.4, -0.2) is 16.7 Å². The van der Waals surface area contributed by atoms with Crippen molar-refractivity contribution in [3.63, 3.8) is 0 Å². The van der Waals surface area contributed by atoms with Crippen molar-refractivity contribution in [3.05, 3.63) is 46.3 Å². The van der Waals surface area contributed by atoms with Gasteiger partial charge in [-0.25, -0.2) is 9.29 Å². The van der Waals surface area contributed by atoms with Crippen LogP contribution in [0.3, 0.4) is 0 Å². The van der Waals surface area contributed by atoms with Gasteiger partial charge >= 0.3 is 0 Å². The maximum Gasteiger partial charge on any atom is 0.296 e. The van der Waals surface area contributed by atoms with Crippen molar-refractivity contribution in [2.75, 3.05) is 4.90 Å². The number of hydrogen-bond donors (Lipinski definition) is 0. The van der Waals surface area contributed by atoms with Gasteiger partial charge in [-0.1, -0.05) is 12.2 Å². The van der Waals surface area contributed by atoms with Crippen LogP contribution in [0.1, 0.15) is 12.8 Å². The van der Waals surface area contributed by atoms with Crippen molar-refractivity contribution < 1.29 is 18.9 Å². The van der Waals surface area contributed by atoms with Gasteiger partial charge in [0.05, 0.1) is 22.8 Å². The molecule has 122 valence electrons. The molecule has 2 amide bonds. The fourth-order valence-corrected chi connectivity index (χ4v) is 5.15. The second-order valence-electron chi connectivity index (χ2n) is 7.12. The Morgan fingerprint density at radius 3 is 2.21 bits per heavy atom. The molecule has 1 aliphatic heterocycles. The van der Waals surface area contributed by atoms with E-state index in [9.17, 15) is 24.1 Å². The normalized spacial score (nSPS) is 34.3. The van der Waals surface area contributed by atoms with Crippen LogP contribution in [-0.2, 0) is 9.59 Å². The minimum atomic E-state index is -0.775. The summed E-state index contributed by atoms with van der Waals surface area (Å²) < 4.78 is 13.4. The van der Waals surface area contributed by atoms with E-state index in [1.165, 1.54) is 0 Å². The standard InChI is InChI=1S/C17H13FN2O4/c18-8-1-4-11(12(7-8)20(23)24)19-15(21)13-9-2-3-10(14(13)16(19)22)17(9)5-6-17/h1-4,7,9-10,13-14H,5-6H2/t9-,10-,13-,14+/m1/s1. The van der Waals surface area contributed by atoms with Gasteiger partial charge in [0.25, 0.3) is 5.69 Å². The summed E-state index contributed by atoms with van der Waals surface area (Å²) in [5.41, 5.74) is -0.616. The summed E-state index contributed by atoms with van der Waals surface area (Å²) in [6, 6.07) is 2.93. The van der Waals surface area contributed by atoms with Crippen LogP contribution in [0.4, 0.5) is 15.8 Å². The third-order valence-electron chi connectivity index (χ3n) is 6.23. The summed E-state index contributed by atoms with van der Waals surface area (Å²) in [5.74, 6) is -2.31. The van der Waals surface area contributed by atoms with Crippen LogP contribution >= 0.6 is 0 Å². The summed E-state index contributed by atoms with van der Waals surface area (Å²) in [4.78, 5) is 37.2. The van der Waals surface area contributed by atoms with Gasteiger partial charge < -0.3 is 0 Å². The molecule has 4 atom stereocenters. The Kier molecular flexibility index (Phi) is 2.36. The first kappa shape index (κ1) is 13.8. The van der Waals surface area contributed by atoms with Gasteiger partial charge in [-0.3, -0.25) is 19.7 Å². The number of allylic oxidation sites excluding steroid dienone is 2. The summed E-state index contributed by atoms with van der Waals surface area (Å²) in [5, 5.41) is 11.2. The molecule has 4 aliphatic rings. The van der Waals surface area contributed by atoms with Gasteiger partial charge in [-0.15, -0.1) is 0 Å².